The van der Waals surface area contributed by atoms with E-state index < -0.39 is 0 Å². The lowest BCUT2D eigenvalue weighted by atomic mass is 10.2. The van der Waals surface area contributed by atoms with E-state index in [9.17, 15) is 4.39 Å². The fourth-order valence-corrected chi connectivity index (χ4v) is 1.81. The second-order valence-electron chi connectivity index (χ2n) is 3.87. The maximum absolute atomic E-state index is 13.4. The third-order valence-electron chi connectivity index (χ3n) is 2.71. The van der Waals surface area contributed by atoms with E-state index in [0.717, 1.165) is 31.7 Å². The lowest BCUT2D eigenvalue weighted by Gasteiger charge is -2.12. The minimum absolute atomic E-state index is 0.255. The Morgan fingerprint density at radius 3 is 3.06 bits per heavy atom. The van der Waals surface area contributed by atoms with Crippen LogP contribution in [0.15, 0.2) is 18.2 Å². The van der Waals surface area contributed by atoms with Crippen LogP contribution in [0.5, 0.6) is 5.75 Å². The molecule has 16 heavy (non-hydrogen) atoms. The third kappa shape index (κ3) is 2.64. The molecule has 0 saturated carbocycles. The quantitative estimate of drug-likeness (QED) is 0.853. The fraction of sp³-hybridized carbons (Fsp3) is 0.500. The molecule has 0 radical (unpaired) electrons. The van der Waals surface area contributed by atoms with Crippen LogP contribution in [-0.4, -0.2) is 26.4 Å². The van der Waals surface area contributed by atoms with Gasteiger partial charge in [-0.3, -0.25) is 0 Å². The van der Waals surface area contributed by atoms with Gasteiger partial charge in [0.25, 0.3) is 0 Å². The van der Waals surface area contributed by atoms with E-state index in [0.29, 0.717) is 0 Å². The molecule has 0 aliphatic carbocycles. The number of hydrogen-bond donors (Lipinski definition) is 1. The van der Waals surface area contributed by atoms with Crippen molar-refractivity contribution in [2.24, 2.45) is 0 Å². The van der Waals surface area contributed by atoms with Crippen LogP contribution in [0.3, 0.4) is 0 Å². The maximum atomic E-state index is 13.4. The van der Waals surface area contributed by atoms with Crippen molar-refractivity contribution in [2.45, 2.75) is 18.9 Å². The van der Waals surface area contributed by atoms with E-state index in [4.69, 9.17) is 9.47 Å². The van der Waals surface area contributed by atoms with Crippen molar-refractivity contribution < 1.29 is 13.9 Å². The number of rotatable bonds is 4. The van der Waals surface area contributed by atoms with Gasteiger partial charge in [0.2, 0.25) is 0 Å². The number of ether oxygens (including phenoxy) is 2. The summed E-state index contributed by atoms with van der Waals surface area (Å²) in [6.07, 6.45) is 2.44. The molecule has 3 nitrogen and oxygen atoms in total. The molecule has 1 N–H and O–H groups in total. The van der Waals surface area contributed by atoms with Gasteiger partial charge < -0.3 is 14.8 Å². The van der Waals surface area contributed by atoms with Gasteiger partial charge >= 0.3 is 0 Å². The Morgan fingerprint density at radius 1 is 1.56 bits per heavy atom. The largest absolute Gasteiger partial charge is 0.494 e. The molecular formula is C12H16FNO2. The van der Waals surface area contributed by atoms with Gasteiger partial charge in [0, 0.05) is 24.9 Å². The first kappa shape index (κ1) is 11.2. The predicted octanol–water partition coefficient (Wildman–Crippen LogP) is 2.43. The molecule has 1 saturated heterocycles. The topological polar surface area (TPSA) is 30.5 Å². The monoisotopic (exact) mass is 225 g/mol. The van der Waals surface area contributed by atoms with Gasteiger partial charge in [-0.2, -0.15) is 0 Å². The Morgan fingerprint density at radius 2 is 2.44 bits per heavy atom. The molecule has 1 aromatic carbocycles. The number of methoxy groups -OCH3 is 1. The van der Waals surface area contributed by atoms with Crippen LogP contribution in [0.25, 0.3) is 0 Å². The van der Waals surface area contributed by atoms with Gasteiger partial charge in [-0.25, -0.2) is 4.39 Å². The van der Waals surface area contributed by atoms with Crippen LogP contribution in [0.2, 0.25) is 0 Å². The smallest absolute Gasteiger partial charge is 0.167 e. The standard InChI is InChI=1S/C12H16FNO2/c1-15-12-5-4-9(7-11(12)13)14-8-10-3-2-6-16-10/h4-5,7,10,14H,2-3,6,8H2,1H3. The third-order valence-corrected chi connectivity index (χ3v) is 2.71. The highest BCUT2D eigenvalue weighted by Crippen LogP contribution is 2.21. The van der Waals surface area contributed by atoms with Crippen molar-refractivity contribution in [3.8, 4) is 5.75 Å². The van der Waals surface area contributed by atoms with E-state index in [2.05, 4.69) is 5.32 Å². The van der Waals surface area contributed by atoms with Gasteiger partial charge in [0.05, 0.1) is 13.2 Å². The number of anilines is 1. The first-order valence-electron chi connectivity index (χ1n) is 5.48. The van der Waals surface area contributed by atoms with E-state index in [1.165, 1.54) is 13.2 Å². The number of nitrogens with one attached hydrogen (secondary N) is 1. The minimum atomic E-state index is -0.347. The van der Waals surface area contributed by atoms with Crippen molar-refractivity contribution in [3.63, 3.8) is 0 Å². The lowest BCUT2D eigenvalue weighted by molar-refractivity contribution is 0.120. The van der Waals surface area contributed by atoms with Gasteiger partial charge in [-0.05, 0) is 25.0 Å². The molecule has 0 aromatic heterocycles. The Hall–Kier alpha value is -1.29. The molecule has 1 aliphatic heterocycles. The van der Waals surface area contributed by atoms with Crippen molar-refractivity contribution in [2.75, 3.05) is 25.6 Å². The highest BCUT2D eigenvalue weighted by atomic mass is 19.1. The molecule has 1 fully saturated rings. The highest BCUT2D eigenvalue weighted by Gasteiger charge is 2.15. The van der Waals surface area contributed by atoms with Crippen molar-refractivity contribution in [3.05, 3.63) is 24.0 Å². The molecule has 2 rings (SSSR count). The Kier molecular flexibility index (Phi) is 3.62. The Labute approximate surface area is 94.6 Å². The second kappa shape index (κ2) is 5.16. The summed E-state index contributed by atoms with van der Waals surface area (Å²) < 4.78 is 23.7. The summed E-state index contributed by atoms with van der Waals surface area (Å²) in [7, 11) is 1.46. The van der Waals surface area contributed by atoms with E-state index in [1.54, 1.807) is 12.1 Å². The zero-order valence-corrected chi connectivity index (χ0v) is 9.33. The molecule has 1 aromatic rings. The van der Waals surface area contributed by atoms with E-state index in [-0.39, 0.29) is 17.7 Å². The van der Waals surface area contributed by atoms with Crippen LogP contribution >= 0.6 is 0 Å². The second-order valence-corrected chi connectivity index (χ2v) is 3.87. The van der Waals surface area contributed by atoms with Crippen molar-refractivity contribution >= 4 is 5.69 Å². The van der Waals surface area contributed by atoms with Gasteiger partial charge in [-0.1, -0.05) is 0 Å². The number of benzene rings is 1. The molecule has 4 heteroatoms. The summed E-state index contributed by atoms with van der Waals surface area (Å²) in [5, 5.41) is 3.16. The first-order valence-corrected chi connectivity index (χ1v) is 5.48. The molecule has 0 bridgehead atoms. The first-order chi connectivity index (χ1) is 7.79. The molecule has 1 atom stereocenters. The van der Waals surface area contributed by atoms with Crippen molar-refractivity contribution in [1.29, 1.82) is 0 Å². The molecule has 0 amide bonds. The molecule has 1 aliphatic rings. The summed E-state index contributed by atoms with van der Waals surface area (Å²) in [5.41, 5.74) is 0.758. The average molecular weight is 225 g/mol. The molecule has 0 spiro atoms. The minimum Gasteiger partial charge on any atom is -0.494 e. The van der Waals surface area contributed by atoms with Crippen LogP contribution in [-0.2, 0) is 4.74 Å². The van der Waals surface area contributed by atoms with Crippen molar-refractivity contribution in [1.82, 2.24) is 0 Å². The average Bonchev–Trinajstić information content (AvgIpc) is 2.79. The van der Waals surface area contributed by atoms with E-state index in [1.807, 2.05) is 0 Å². The van der Waals surface area contributed by atoms with Gasteiger partial charge in [0.1, 0.15) is 0 Å². The zero-order chi connectivity index (χ0) is 11.4. The molecule has 88 valence electrons. The number of halogens is 1. The maximum Gasteiger partial charge on any atom is 0.167 e. The van der Waals surface area contributed by atoms with Crippen LogP contribution in [0, 0.1) is 5.82 Å². The summed E-state index contributed by atoms with van der Waals surface area (Å²) in [6.45, 7) is 1.56. The molecular weight excluding hydrogens is 209 g/mol. The zero-order valence-electron chi connectivity index (χ0n) is 9.33. The summed E-state index contributed by atoms with van der Waals surface area (Å²) in [5.74, 6) is -0.0810. The predicted molar refractivity (Wildman–Crippen MR) is 60.4 cm³/mol. The lowest BCUT2D eigenvalue weighted by Crippen LogP contribution is -2.18. The molecule has 1 unspecified atom stereocenters. The fourth-order valence-electron chi connectivity index (χ4n) is 1.81. The summed E-state index contributed by atoms with van der Waals surface area (Å²) in [6, 6.07) is 4.86. The van der Waals surface area contributed by atoms with Crippen LogP contribution < -0.4 is 10.1 Å². The Bertz CT molecular complexity index is 351. The SMILES string of the molecule is COc1ccc(NCC2CCCO2)cc1F. The van der Waals surface area contributed by atoms with E-state index >= 15 is 0 Å². The molecule has 1 heterocycles. The van der Waals surface area contributed by atoms with Crippen LogP contribution in [0.1, 0.15) is 12.8 Å². The van der Waals surface area contributed by atoms with Gasteiger partial charge in [-0.15, -0.1) is 0 Å². The number of hydrogen-bond acceptors (Lipinski definition) is 3. The van der Waals surface area contributed by atoms with Gasteiger partial charge in [0.15, 0.2) is 11.6 Å². The normalized spacial score (nSPS) is 19.8. The Balaban J connectivity index is 1.91. The van der Waals surface area contributed by atoms with Crippen LogP contribution in [0.4, 0.5) is 10.1 Å². The summed E-state index contributed by atoms with van der Waals surface area (Å²) >= 11 is 0. The highest BCUT2D eigenvalue weighted by molar-refractivity contribution is 5.47. The summed E-state index contributed by atoms with van der Waals surface area (Å²) in [4.78, 5) is 0.